The molecule has 0 amide bonds. The molecule has 3 rings (SSSR count). The molecule has 0 bridgehead atoms. The number of allylic oxidation sites excluding steroid dienone is 3. The number of hydrogen-bond acceptors (Lipinski definition) is 5. The van der Waals surface area contributed by atoms with Crippen molar-refractivity contribution < 1.29 is 14.3 Å². The van der Waals surface area contributed by atoms with E-state index in [4.69, 9.17) is 4.74 Å². The number of nitrogens with zero attached hydrogens (tertiary/aromatic N) is 1. The molecule has 0 unspecified atom stereocenters. The van der Waals surface area contributed by atoms with Crippen molar-refractivity contribution in [2.75, 3.05) is 24.6 Å². The van der Waals surface area contributed by atoms with E-state index in [0.29, 0.717) is 18.6 Å². The molecular weight excluding hydrogens is 400 g/mol. The van der Waals surface area contributed by atoms with E-state index in [1.807, 2.05) is 6.92 Å². The van der Waals surface area contributed by atoms with Crippen LogP contribution in [-0.2, 0) is 14.3 Å². The summed E-state index contributed by atoms with van der Waals surface area (Å²) in [5, 5.41) is 3.40. The second-order valence-electron chi connectivity index (χ2n) is 9.68. The van der Waals surface area contributed by atoms with E-state index >= 15 is 0 Å². The van der Waals surface area contributed by atoms with Gasteiger partial charge in [-0.2, -0.15) is 0 Å². The lowest BCUT2D eigenvalue weighted by Crippen LogP contribution is -2.38. The van der Waals surface area contributed by atoms with Gasteiger partial charge >= 0.3 is 5.97 Å². The molecule has 1 aromatic rings. The topological polar surface area (TPSA) is 58.6 Å². The Balaban J connectivity index is 2.06. The molecule has 5 heteroatoms. The number of hydrogen-bond donors (Lipinski definition) is 1. The first-order valence-electron chi connectivity index (χ1n) is 12.0. The van der Waals surface area contributed by atoms with Crippen molar-refractivity contribution in [2.45, 2.75) is 73.1 Å². The zero-order valence-electron chi connectivity index (χ0n) is 20.5. The van der Waals surface area contributed by atoms with Crippen molar-refractivity contribution in [1.82, 2.24) is 5.32 Å². The van der Waals surface area contributed by atoms with E-state index in [2.05, 4.69) is 69.1 Å². The monoisotopic (exact) mass is 438 g/mol. The smallest absolute Gasteiger partial charge is 0.336 e. The van der Waals surface area contributed by atoms with Crippen molar-refractivity contribution >= 4 is 17.4 Å². The highest BCUT2D eigenvalue weighted by molar-refractivity contribution is 6.04. The van der Waals surface area contributed by atoms with E-state index in [1.165, 1.54) is 0 Å². The summed E-state index contributed by atoms with van der Waals surface area (Å²) in [5.41, 5.74) is 5.03. The summed E-state index contributed by atoms with van der Waals surface area (Å²) in [5.74, 6) is -0.604. The van der Waals surface area contributed by atoms with Gasteiger partial charge in [0.15, 0.2) is 5.78 Å². The number of anilines is 1. The molecule has 0 spiro atoms. The van der Waals surface area contributed by atoms with Gasteiger partial charge in [0, 0.05) is 48.1 Å². The lowest BCUT2D eigenvalue weighted by molar-refractivity contribution is -0.139. The Morgan fingerprint density at radius 1 is 1.12 bits per heavy atom. The summed E-state index contributed by atoms with van der Waals surface area (Å²) >= 11 is 0. The van der Waals surface area contributed by atoms with Gasteiger partial charge < -0.3 is 15.0 Å². The Kier molecular flexibility index (Phi) is 7.47. The van der Waals surface area contributed by atoms with Gasteiger partial charge in [0.25, 0.3) is 0 Å². The maximum Gasteiger partial charge on any atom is 0.336 e. The van der Waals surface area contributed by atoms with Crippen LogP contribution in [0.25, 0.3) is 0 Å². The standard InChI is InChI=1S/C27H38N2O3/c1-7-10-15-32-26(31)23-18(4)28-21-16-27(5,6)17-22(30)25(21)24(23)19-11-13-20(14-12-19)29(8-2)9-3/h11-14,24,28H,7-10,15-17H2,1-6H3/t24-/m0/s1. The molecule has 0 fully saturated rings. The largest absolute Gasteiger partial charge is 0.462 e. The molecule has 0 saturated heterocycles. The number of unbranched alkanes of at least 4 members (excludes halogenated alkanes) is 1. The molecule has 1 heterocycles. The zero-order valence-corrected chi connectivity index (χ0v) is 20.5. The summed E-state index contributed by atoms with van der Waals surface area (Å²) in [4.78, 5) is 28.8. The highest BCUT2D eigenvalue weighted by Gasteiger charge is 2.43. The number of nitrogens with one attached hydrogen (secondary N) is 1. The maximum atomic E-state index is 13.4. The number of carbonyl (C=O) groups excluding carboxylic acids is 2. The van der Waals surface area contributed by atoms with E-state index in [-0.39, 0.29) is 17.2 Å². The molecule has 174 valence electrons. The van der Waals surface area contributed by atoms with Crippen LogP contribution in [0.3, 0.4) is 0 Å². The van der Waals surface area contributed by atoms with Crippen LogP contribution in [0.5, 0.6) is 0 Å². The Bertz CT molecular complexity index is 921. The lowest BCUT2D eigenvalue weighted by Gasteiger charge is -2.39. The van der Waals surface area contributed by atoms with Gasteiger partial charge in [-0.1, -0.05) is 39.3 Å². The van der Waals surface area contributed by atoms with E-state index in [0.717, 1.165) is 60.6 Å². The second-order valence-corrected chi connectivity index (χ2v) is 9.68. The summed E-state index contributed by atoms with van der Waals surface area (Å²) in [6.07, 6.45) is 3.06. The number of Topliss-reactive ketones (excluding diaryl/α,β-unsaturated/α-hetero) is 1. The summed E-state index contributed by atoms with van der Waals surface area (Å²) in [6, 6.07) is 8.32. The average molecular weight is 439 g/mol. The Labute approximate surface area is 192 Å². The minimum Gasteiger partial charge on any atom is -0.462 e. The highest BCUT2D eigenvalue weighted by Crippen LogP contribution is 2.47. The van der Waals surface area contributed by atoms with Crippen LogP contribution in [0.4, 0.5) is 5.69 Å². The van der Waals surface area contributed by atoms with Gasteiger partial charge in [0.05, 0.1) is 12.2 Å². The number of benzene rings is 1. The van der Waals surface area contributed by atoms with Crippen molar-refractivity contribution in [3.05, 3.63) is 52.4 Å². The molecule has 0 saturated carbocycles. The second kappa shape index (κ2) is 9.93. The molecule has 0 aromatic heterocycles. The fourth-order valence-corrected chi connectivity index (χ4v) is 4.89. The quantitative estimate of drug-likeness (QED) is 0.430. The number of rotatable bonds is 8. The fraction of sp³-hybridized carbons (Fsp3) is 0.556. The first kappa shape index (κ1) is 24.1. The van der Waals surface area contributed by atoms with Gasteiger partial charge in [0.2, 0.25) is 0 Å². The van der Waals surface area contributed by atoms with E-state index in [1.54, 1.807) is 0 Å². The molecule has 32 heavy (non-hydrogen) atoms. The number of ketones is 1. The molecule has 2 aliphatic rings. The number of dihydropyridines is 1. The van der Waals surface area contributed by atoms with Crippen molar-refractivity contribution in [2.24, 2.45) is 5.41 Å². The molecule has 1 aliphatic heterocycles. The third-order valence-corrected chi connectivity index (χ3v) is 6.55. The molecule has 1 N–H and O–H groups in total. The van der Waals surface area contributed by atoms with Crippen LogP contribution in [-0.4, -0.2) is 31.4 Å². The van der Waals surface area contributed by atoms with Gasteiger partial charge in [-0.05, 0) is 56.7 Å². The third-order valence-electron chi connectivity index (χ3n) is 6.55. The Hall–Kier alpha value is -2.56. The normalized spacial score (nSPS) is 20.1. The van der Waals surface area contributed by atoms with Crippen LogP contribution in [0, 0.1) is 5.41 Å². The zero-order chi connectivity index (χ0) is 23.5. The number of carbonyl (C=O) groups is 2. The minimum atomic E-state index is -0.394. The van der Waals surface area contributed by atoms with E-state index < -0.39 is 5.92 Å². The van der Waals surface area contributed by atoms with Crippen LogP contribution in [0.1, 0.15) is 78.7 Å². The third kappa shape index (κ3) is 4.92. The Morgan fingerprint density at radius 2 is 1.78 bits per heavy atom. The minimum absolute atomic E-state index is 0.0977. The predicted molar refractivity (Wildman–Crippen MR) is 129 cm³/mol. The molecule has 1 atom stereocenters. The predicted octanol–water partition coefficient (Wildman–Crippen LogP) is 5.48. The first-order chi connectivity index (χ1) is 15.2. The van der Waals surface area contributed by atoms with Gasteiger partial charge in [-0.25, -0.2) is 4.79 Å². The molecule has 0 radical (unpaired) electrons. The number of esters is 1. The van der Waals surface area contributed by atoms with Crippen LogP contribution >= 0.6 is 0 Å². The van der Waals surface area contributed by atoms with Crippen LogP contribution < -0.4 is 10.2 Å². The summed E-state index contributed by atoms with van der Waals surface area (Å²) in [7, 11) is 0. The molecule has 1 aromatic carbocycles. The van der Waals surface area contributed by atoms with Crippen molar-refractivity contribution in [3.63, 3.8) is 0 Å². The van der Waals surface area contributed by atoms with Crippen LogP contribution in [0.2, 0.25) is 0 Å². The van der Waals surface area contributed by atoms with E-state index in [9.17, 15) is 9.59 Å². The average Bonchev–Trinajstić information content (AvgIpc) is 2.73. The fourth-order valence-electron chi connectivity index (χ4n) is 4.89. The van der Waals surface area contributed by atoms with Gasteiger partial charge in [0.1, 0.15) is 0 Å². The van der Waals surface area contributed by atoms with Crippen LogP contribution in [0.15, 0.2) is 46.8 Å². The van der Waals surface area contributed by atoms with Crippen molar-refractivity contribution in [3.8, 4) is 0 Å². The number of ether oxygens (including phenoxy) is 1. The SMILES string of the molecule is CCCCOC(=O)C1=C(C)NC2=C(C(=O)CC(C)(C)C2)[C@H]1c1ccc(N(CC)CC)cc1. The highest BCUT2D eigenvalue weighted by atomic mass is 16.5. The van der Waals surface area contributed by atoms with Crippen molar-refractivity contribution in [1.29, 1.82) is 0 Å². The van der Waals surface area contributed by atoms with Gasteiger partial charge in [-0.3, -0.25) is 4.79 Å². The Morgan fingerprint density at radius 3 is 2.38 bits per heavy atom. The summed E-state index contributed by atoms with van der Waals surface area (Å²) in [6.45, 7) is 14.8. The molecular formula is C27H38N2O3. The lowest BCUT2D eigenvalue weighted by atomic mass is 9.68. The van der Waals surface area contributed by atoms with Gasteiger partial charge in [-0.15, -0.1) is 0 Å². The molecule has 5 nitrogen and oxygen atoms in total. The summed E-state index contributed by atoms with van der Waals surface area (Å²) < 4.78 is 5.62. The molecule has 1 aliphatic carbocycles. The maximum absolute atomic E-state index is 13.4. The first-order valence-corrected chi connectivity index (χ1v) is 12.0.